The maximum absolute atomic E-state index is 11.4. The molecule has 0 saturated carbocycles. The zero-order valence-electron chi connectivity index (χ0n) is 14.6. The van der Waals surface area contributed by atoms with Gasteiger partial charge >= 0.3 is 0 Å². The molecular weight excluding hydrogens is 437 g/mol. The van der Waals surface area contributed by atoms with E-state index >= 15 is 0 Å². The second kappa shape index (κ2) is 8.61. The van der Waals surface area contributed by atoms with Crippen molar-refractivity contribution in [3.05, 3.63) is 57.6 Å². The Morgan fingerprint density at radius 2 is 1.62 bits per heavy atom. The topological polar surface area (TPSA) is 163 Å². The number of phenolic OH excluding ortho intramolecular Hbond substituents is 2. The van der Waals surface area contributed by atoms with Crippen LogP contribution in [0, 0.1) is 10.1 Å². The van der Waals surface area contributed by atoms with Crippen LogP contribution in [0.15, 0.2) is 57.6 Å². The number of nitro groups is 1. The Labute approximate surface area is 190 Å². The van der Waals surface area contributed by atoms with Gasteiger partial charge in [-0.25, -0.2) is 0 Å². The first-order chi connectivity index (χ1) is 13.1. The van der Waals surface area contributed by atoms with E-state index in [0.717, 1.165) is 12.1 Å². The van der Waals surface area contributed by atoms with E-state index in [1.54, 1.807) is 0 Å². The van der Waals surface area contributed by atoms with Gasteiger partial charge in [0.15, 0.2) is 11.5 Å². The van der Waals surface area contributed by atoms with Crippen LogP contribution in [0.4, 0.5) is 17.1 Å². The first kappa shape index (κ1) is 23.0. The Bertz CT molecular complexity index is 1270. The van der Waals surface area contributed by atoms with Gasteiger partial charge < -0.3 is 10.2 Å². The van der Waals surface area contributed by atoms with Crippen molar-refractivity contribution in [3.8, 4) is 11.5 Å². The number of halogens is 1. The number of nitrogens with zero attached hydrogens (tertiary/aromatic N) is 3. The van der Waals surface area contributed by atoms with Crippen molar-refractivity contribution in [2.45, 2.75) is 4.90 Å². The fourth-order valence-electron chi connectivity index (χ4n) is 2.47. The monoisotopic (exact) mass is 446 g/mol. The van der Waals surface area contributed by atoms with Crippen LogP contribution < -0.4 is 0 Å². The molecule has 3 N–H and O–H groups in total. The number of non-ortho nitro benzene ring substituents is 1. The predicted octanol–water partition coefficient (Wildman–Crippen LogP) is 4.09. The summed E-state index contributed by atoms with van der Waals surface area (Å²) in [6, 6.07) is 8.30. The molecule has 0 aromatic heterocycles. The van der Waals surface area contributed by atoms with E-state index in [2.05, 4.69) is 10.2 Å². The second-order valence-corrected chi connectivity index (χ2v) is 7.31. The minimum atomic E-state index is -4.51. The molecule has 3 aromatic carbocycles. The van der Waals surface area contributed by atoms with Crippen LogP contribution in [0.2, 0.25) is 5.02 Å². The molecule has 0 atom stereocenters. The standard InChI is InChI=1S/C16H10ClN3O7S.Na/c17-11-6-8(20(23)24)7-13(16(11)22)19-18-12-5-4-9-10(15(12)21)2-1-3-14(9)28(25,26)27;/h1-7,21-22H,(H,25,26,27);. The number of benzene rings is 3. The van der Waals surface area contributed by atoms with Gasteiger partial charge in [0.25, 0.3) is 15.8 Å². The summed E-state index contributed by atoms with van der Waals surface area (Å²) in [6.45, 7) is 0. The average molecular weight is 447 g/mol. The number of nitro benzene ring substituents is 1. The van der Waals surface area contributed by atoms with E-state index in [9.17, 15) is 33.3 Å². The van der Waals surface area contributed by atoms with Gasteiger partial charge in [0.05, 0.1) is 9.95 Å². The first-order valence-electron chi connectivity index (χ1n) is 7.40. The SMILES string of the molecule is O=[N+]([O-])c1cc(Cl)c(O)c(N=Nc2ccc3c(S(=O)(=O)O)cccc3c2O)c1.[Na]. The molecule has 0 aliphatic rings. The Balaban J connectivity index is 0.00000300. The molecule has 10 nitrogen and oxygen atoms in total. The number of rotatable bonds is 4. The van der Waals surface area contributed by atoms with E-state index in [1.807, 2.05) is 0 Å². The van der Waals surface area contributed by atoms with Crippen molar-refractivity contribution < 1.29 is 28.1 Å². The summed E-state index contributed by atoms with van der Waals surface area (Å²) in [5, 5.41) is 38.4. The molecule has 29 heavy (non-hydrogen) atoms. The maximum atomic E-state index is 11.4. The van der Waals surface area contributed by atoms with Crippen molar-refractivity contribution in [2.75, 3.05) is 0 Å². The van der Waals surface area contributed by atoms with E-state index in [0.29, 0.717) is 0 Å². The Kier molecular flexibility index (Phi) is 6.83. The fourth-order valence-corrected chi connectivity index (χ4v) is 3.38. The fraction of sp³-hybridized carbons (Fsp3) is 0. The number of phenols is 2. The molecule has 0 bridgehead atoms. The van der Waals surface area contributed by atoms with Crippen molar-refractivity contribution in [1.29, 1.82) is 0 Å². The third kappa shape index (κ3) is 4.66. The molecule has 0 fully saturated rings. The van der Waals surface area contributed by atoms with Crippen LogP contribution in [0.25, 0.3) is 10.8 Å². The number of aromatic hydroxyl groups is 2. The molecule has 0 amide bonds. The summed E-state index contributed by atoms with van der Waals surface area (Å²) in [5.74, 6) is -0.979. The van der Waals surface area contributed by atoms with Crippen molar-refractivity contribution in [3.63, 3.8) is 0 Å². The van der Waals surface area contributed by atoms with Crippen LogP contribution in [0.1, 0.15) is 0 Å². The normalized spacial score (nSPS) is 11.5. The Morgan fingerprint density at radius 1 is 0.966 bits per heavy atom. The van der Waals surface area contributed by atoms with Gasteiger partial charge in [0.2, 0.25) is 0 Å². The van der Waals surface area contributed by atoms with Crippen molar-refractivity contribution in [1.82, 2.24) is 0 Å². The van der Waals surface area contributed by atoms with E-state index < -0.39 is 37.1 Å². The van der Waals surface area contributed by atoms with Crippen molar-refractivity contribution in [2.24, 2.45) is 10.2 Å². The molecule has 0 heterocycles. The van der Waals surface area contributed by atoms with E-state index in [1.165, 1.54) is 30.3 Å². The number of azo groups is 1. The minimum absolute atomic E-state index is 0. The van der Waals surface area contributed by atoms with Crippen LogP contribution in [0.3, 0.4) is 0 Å². The molecule has 0 unspecified atom stereocenters. The predicted molar refractivity (Wildman–Crippen MR) is 105 cm³/mol. The molecule has 0 saturated heterocycles. The summed E-state index contributed by atoms with van der Waals surface area (Å²) in [6.07, 6.45) is 0. The van der Waals surface area contributed by atoms with Crippen molar-refractivity contribution >= 4 is 79.1 Å². The zero-order chi connectivity index (χ0) is 20.6. The van der Waals surface area contributed by atoms with Crippen LogP contribution in [-0.2, 0) is 10.1 Å². The number of hydrogen-bond donors (Lipinski definition) is 3. The van der Waals surface area contributed by atoms with Crippen LogP contribution in [-0.4, -0.2) is 57.7 Å². The summed E-state index contributed by atoms with van der Waals surface area (Å²) in [4.78, 5) is 9.76. The molecular formula is C16H10ClN3NaO7S. The summed E-state index contributed by atoms with van der Waals surface area (Å²) in [5.41, 5.74) is -0.829. The number of hydrogen-bond acceptors (Lipinski definition) is 8. The Hall–Kier alpha value is -2.28. The third-order valence-electron chi connectivity index (χ3n) is 3.75. The molecule has 1 radical (unpaired) electrons. The van der Waals surface area contributed by atoms with Gasteiger partial charge in [-0.15, -0.1) is 10.2 Å². The second-order valence-electron chi connectivity index (χ2n) is 5.51. The van der Waals surface area contributed by atoms with Gasteiger partial charge in [-0.3, -0.25) is 14.7 Å². The van der Waals surface area contributed by atoms with Gasteiger partial charge in [-0.2, -0.15) is 8.42 Å². The third-order valence-corrected chi connectivity index (χ3v) is 4.95. The quantitative estimate of drug-likeness (QED) is 0.178. The van der Waals surface area contributed by atoms with Crippen LogP contribution in [0.5, 0.6) is 11.5 Å². The zero-order valence-corrected chi connectivity index (χ0v) is 18.2. The first-order valence-corrected chi connectivity index (χ1v) is 9.22. The average Bonchev–Trinajstić information content (AvgIpc) is 2.62. The number of fused-ring (bicyclic) bond motifs is 1. The summed E-state index contributed by atoms with van der Waals surface area (Å²) in [7, 11) is -4.51. The molecule has 13 heteroatoms. The molecule has 145 valence electrons. The maximum Gasteiger partial charge on any atom is 0.295 e. The van der Waals surface area contributed by atoms with Gasteiger partial charge in [-0.05, 0) is 12.1 Å². The van der Waals surface area contributed by atoms with E-state index in [4.69, 9.17) is 11.6 Å². The summed E-state index contributed by atoms with van der Waals surface area (Å²) < 4.78 is 32.2. The minimum Gasteiger partial charge on any atom is -0.505 e. The van der Waals surface area contributed by atoms with Gasteiger partial charge in [0.1, 0.15) is 16.3 Å². The largest absolute Gasteiger partial charge is 0.505 e. The van der Waals surface area contributed by atoms with Gasteiger partial charge in [-0.1, -0.05) is 29.8 Å². The van der Waals surface area contributed by atoms with Crippen LogP contribution >= 0.6 is 11.6 Å². The summed E-state index contributed by atoms with van der Waals surface area (Å²) >= 11 is 5.73. The smallest absolute Gasteiger partial charge is 0.295 e. The van der Waals surface area contributed by atoms with E-state index in [-0.39, 0.29) is 56.7 Å². The molecule has 0 aliphatic carbocycles. The molecule has 0 spiro atoms. The Morgan fingerprint density at radius 3 is 2.24 bits per heavy atom. The molecule has 3 aromatic rings. The van der Waals surface area contributed by atoms with Gasteiger partial charge in [0, 0.05) is 52.5 Å². The molecule has 0 aliphatic heterocycles. The molecule has 3 rings (SSSR count).